The quantitative estimate of drug-likeness (QED) is 0.814. The van der Waals surface area contributed by atoms with Crippen LogP contribution in [0.15, 0.2) is 48.5 Å². The molecule has 0 bridgehead atoms. The van der Waals surface area contributed by atoms with Crippen LogP contribution in [-0.4, -0.2) is 11.9 Å². The van der Waals surface area contributed by atoms with Gasteiger partial charge in [-0.1, -0.05) is 32.9 Å². The Morgan fingerprint density at radius 2 is 1.50 bits per heavy atom. The van der Waals surface area contributed by atoms with Crippen molar-refractivity contribution in [2.45, 2.75) is 33.1 Å². The summed E-state index contributed by atoms with van der Waals surface area (Å²) in [4.78, 5) is 25.4. The average molecular weight is 325 g/mol. The predicted molar refractivity (Wildman–Crippen MR) is 98.2 cm³/mol. The Balaban J connectivity index is 2.19. The molecule has 2 aromatic rings. The van der Waals surface area contributed by atoms with E-state index in [0.29, 0.717) is 17.1 Å². The lowest BCUT2D eigenvalue weighted by Crippen LogP contribution is -2.38. The van der Waals surface area contributed by atoms with Crippen LogP contribution in [0.4, 0.5) is 21.9 Å². The van der Waals surface area contributed by atoms with Gasteiger partial charge in [-0.25, -0.2) is 9.69 Å². The van der Waals surface area contributed by atoms with E-state index in [1.807, 2.05) is 24.3 Å². The number of benzene rings is 2. The molecule has 126 valence electrons. The van der Waals surface area contributed by atoms with Gasteiger partial charge in [0.1, 0.15) is 0 Å². The summed E-state index contributed by atoms with van der Waals surface area (Å²) in [7, 11) is 0. The highest BCUT2D eigenvalue weighted by molar-refractivity contribution is 6.17. The summed E-state index contributed by atoms with van der Waals surface area (Å²) >= 11 is 0. The minimum absolute atomic E-state index is 0.0396. The van der Waals surface area contributed by atoms with Crippen molar-refractivity contribution in [2.75, 3.05) is 16.0 Å². The lowest BCUT2D eigenvalue weighted by atomic mass is 9.87. The van der Waals surface area contributed by atoms with Gasteiger partial charge >= 0.3 is 6.03 Å². The maximum atomic E-state index is 12.5. The summed E-state index contributed by atoms with van der Waals surface area (Å²) in [5, 5.41) is 2.75. The standard InChI is InChI=1S/C19H23N3O2/c1-13(23)22(17-11-7-15(20)8-12-17)18(24)21-16-9-5-14(6-10-16)19(2,3)4/h5-12H,20H2,1-4H3,(H,21,24). The normalized spacial score (nSPS) is 11.0. The minimum atomic E-state index is -0.504. The number of carbonyl (C=O) groups is 2. The van der Waals surface area contributed by atoms with Crippen molar-refractivity contribution in [3.63, 3.8) is 0 Å². The topological polar surface area (TPSA) is 75.4 Å². The highest BCUT2D eigenvalue weighted by Crippen LogP contribution is 2.24. The molecule has 2 rings (SSSR count). The summed E-state index contributed by atoms with van der Waals surface area (Å²) in [6.07, 6.45) is 0. The summed E-state index contributed by atoms with van der Waals surface area (Å²) in [6.45, 7) is 7.72. The third-order valence-corrected chi connectivity index (χ3v) is 3.67. The van der Waals surface area contributed by atoms with Crippen LogP contribution in [0, 0.1) is 0 Å². The highest BCUT2D eigenvalue weighted by Gasteiger charge is 2.20. The number of rotatable bonds is 2. The van der Waals surface area contributed by atoms with Crippen molar-refractivity contribution >= 4 is 29.0 Å². The maximum Gasteiger partial charge on any atom is 0.333 e. The zero-order valence-electron chi connectivity index (χ0n) is 14.5. The maximum absolute atomic E-state index is 12.5. The summed E-state index contributed by atoms with van der Waals surface area (Å²) in [5.41, 5.74) is 8.53. The lowest BCUT2D eigenvalue weighted by Gasteiger charge is -2.21. The number of nitrogens with one attached hydrogen (secondary N) is 1. The Morgan fingerprint density at radius 1 is 0.958 bits per heavy atom. The van der Waals surface area contributed by atoms with E-state index in [1.165, 1.54) is 12.5 Å². The van der Waals surface area contributed by atoms with Crippen LogP contribution in [0.5, 0.6) is 0 Å². The first-order chi connectivity index (χ1) is 11.2. The van der Waals surface area contributed by atoms with Crippen LogP contribution in [0.3, 0.4) is 0 Å². The predicted octanol–water partition coefficient (Wildman–Crippen LogP) is 4.15. The Kier molecular flexibility index (Phi) is 4.93. The van der Waals surface area contributed by atoms with Gasteiger partial charge < -0.3 is 11.1 Å². The molecule has 5 heteroatoms. The lowest BCUT2D eigenvalue weighted by molar-refractivity contribution is -0.115. The van der Waals surface area contributed by atoms with Crippen LogP contribution >= 0.6 is 0 Å². The number of amides is 3. The Labute approximate surface area is 142 Å². The average Bonchev–Trinajstić information content (AvgIpc) is 2.49. The monoisotopic (exact) mass is 325 g/mol. The molecule has 2 aromatic carbocycles. The van der Waals surface area contributed by atoms with E-state index in [1.54, 1.807) is 24.3 Å². The molecule has 0 aromatic heterocycles. The number of nitrogen functional groups attached to an aromatic ring is 1. The largest absolute Gasteiger partial charge is 0.399 e. The van der Waals surface area contributed by atoms with E-state index >= 15 is 0 Å². The third-order valence-electron chi connectivity index (χ3n) is 3.67. The van der Waals surface area contributed by atoms with Crippen LogP contribution in [-0.2, 0) is 10.2 Å². The molecule has 3 amide bonds. The SMILES string of the molecule is CC(=O)N(C(=O)Nc1ccc(C(C)(C)C)cc1)c1ccc(N)cc1. The third kappa shape index (κ3) is 4.13. The van der Waals surface area contributed by atoms with Crippen molar-refractivity contribution in [3.8, 4) is 0 Å². The van der Waals surface area contributed by atoms with E-state index in [2.05, 4.69) is 26.1 Å². The Bertz CT molecular complexity index is 729. The second kappa shape index (κ2) is 6.74. The van der Waals surface area contributed by atoms with Gasteiger partial charge in [0.25, 0.3) is 0 Å². The van der Waals surface area contributed by atoms with Gasteiger partial charge in [-0.15, -0.1) is 0 Å². The van der Waals surface area contributed by atoms with Crippen LogP contribution in [0.1, 0.15) is 33.3 Å². The molecule has 0 unspecified atom stereocenters. The molecule has 0 aliphatic rings. The molecule has 0 aliphatic carbocycles. The fourth-order valence-corrected chi connectivity index (χ4v) is 2.30. The second-order valence-electron chi connectivity index (χ2n) is 6.70. The van der Waals surface area contributed by atoms with Crippen molar-refractivity contribution in [1.29, 1.82) is 0 Å². The number of urea groups is 1. The Morgan fingerprint density at radius 3 is 1.96 bits per heavy atom. The first-order valence-electron chi connectivity index (χ1n) is 7.76. The number of hydrogen-bond donors (Lipinski definition) is 2. The van der Waals surface area contributed by atoms with Crippen LogP contribution in [0.25, 0.3) is 0 Å². The molecule has 0 spiro atoms. The second-order valence-corrected chi connectivity index (χ2v) is 6.70. The van der Waals surface area contributed by atoms with Gasteiger partial charge in [0.15, 0.2) is 0 Å². The molecule has 0 saturated carbocycles. The first-order valence-corrected chi connectivity index (χ1v) is 7.76. The number of nitrogens with zero attached hydrogens (tertiary/aromatic N) is 1. The van der Waals surface area contributed by atoms with E-state index in [4.69, 9.17) is 5.73 Å². The van der Waals surface area contributed by atoms with Crippen LogP contribution in [0.2, 0.25) is 0 Å². The zero-order chi connectivity index (χ0) is 17.9. The molecule has 0 aliphatic heterocycles. The molecule has 0 radical (unpaired) electrons. The Hall–Kier alpha value is -2.82. The number of hydrogen-bond acceptors (Lipinski definition) is 3. The van der Waals surface area contributed by atoms with E-state index in [0.717, 1.165) is 4.90 Å². The van der Waals surface area contributed by atoms with Gasteiger partial charge in [0, 0.05) is 18.3 Å². The molecule has 0 atom stereocenters. The summed E-state index contributed by atoms with van der Waals surface area (Å²) in [5.74, 6) is -0.372. The van der Waals surface area contributed by atoms with Crippen molar-refractivity contribution in [2.24, 2.45) is 0 Å². The van der Waals surface area contributed by atoms with Gasteiger partial charge in [-0.3, -0.25) is 4.79 Å². The summed E-state index contributed by atoms with van der Waals surface area (Å²) < 4.78 is 0. The molecule has 24 heavy (non-hydrogen) atoms. The van der Waals surface area contributed by atoms with Crippen molar-refractivity contribution < 1.29 is 9.59 Å². The van der Waals surface area contributed by atoms with Gasteiger partial charge in [-0.2, -0.15) is 0 Å². The molecule has 0 saturated heterocycles. The van der Waals surface area contributed by atoms with Crippen LogP contribution < -0.4 is 16.0 Å². The summed E-state index contributed by atoms with van der Waals surface area (Å²) in [6, 6.07) is 13.7. The smallest absolute Gasteiger partial charge is 0.333 e. The number of imide groups is 1. The molecular formula is C19H23N3O2. The molecule has 0 fully saturated rings. The molecule has 0 heterocycles. The fraction of sp³-hybridized carbons (Fsp3) is 0.263. The van der Waals surface area contributed by atoms with Gasteiger partial charge in [0.2, 0.25) is 5.91 Å². The first kappa shape index (κ1) is 17.5. The van der Waals surface area contributed by atoms with Gasteiger partial charge in [0.05, 0.1) is 5.69 Å². The molecular weight excluding hydrogens is 302 g/mol. The number of carbonyl (C=O) groups excluding carboxylic acids is 2. The highest BCUT2D eigenvalue weighted by atomic mass is 16.2. The molecule has 3 N–H and O–H groups in total. The number of nitrogens with two attached hydrogens (primary N) is 1. The minimum Gasteiger partial charge on any atom is -0.399 e. The van der Waals surface area contributed by atoms with E-state index in [-0.39, 0.29) is 11.3 Å². The zero-order valence-corrected chi connectivity index (χ0v) is 14.5. The van der Waals surface area contributed by atoms with E-state index in [9.17, 15) is 9.59 Å². The molecule has 5 nitrogen and oxygen atoms in total. The van der Waals surface area contributed by atoms with Gasteiger partial charge in [-0.05, 0) is 47.4 Å². The fourth-order valence-electron chi connectivity index (χ4n) is 2.30. The van der Waals surface area contributed by atoms with E-state index < -0.39 is 6.03 Å². The number of anilines is 3. The van der Waals surface area contributed by atoms with Crippen molar-refractivity contribution in [3.05, 3.63) is 54.1 Å². The van der Waals surface area contributed by atoms with Crippen molar-refractivity contribution in [1.82, 2.24) is 0 Å².